The van der Waals surface area contributed by atoms with E-state index in [9.17, 15) is 8.42 Å². The highest BCUT2D eigenvalue weighted by Gasteiger charge is 2.24. The van der Waals surface area contributed by atoms with Crippen molar-refractivity contribution in [1.29, 1.82) is 0 Å². The summed E-state index contributed by atoms with van der Waals surface area (Å²) in [7, 11) is -3.39. The minimum atomic E-state index is -3.39. The predicted molar refractivity (Wildman–Crippen MR) is 63.5 cm³/mol. The van der Waals surface area contributed by atoms with Crippen molar-refractivity contribution in [2.75, 3.05) is 12.3 Å². The number of hydrogen-bond acceptors (Lipinski definition) is 3. The molecule has 0 saturated heterocycles. The van der Waals surface area contributed by atoms with Crippen molar-refractivity contribution < 1.29 is 8.42 Å². The molecule has 0 aromatic heterocycles. The molecule has 0 unspecified atom stereocenters. The smallest absolute Gasteiger partial charge is 0.240 e. The van der Waals surface area contributed by atoms with Crippen LogP contribution < -0.4 is 10.5 Å². The Bertz CT molecular complexity index is 472. The van der Waals surface area contributed by atoms with Crippen LogP contribution in [0, 0.1) is 12.8 Å². The van der Waals surface area contributed by atoms with Crippen LogP contribution in [0.2, 0.25) is 0 Å². The summed E-state index contributed by atoms with van der Waals surface area (Å²) in [6.07, 6.45) is 2.25. The van der Waals surface area contributed by atoms with Crippen LogP contribution in [0.1, 0.15) is 18.4 Å². The number of aryl methyl sites for hydroxylation is 1. The lowest BCUT2D eigenvalue weighted by Gasteiger charge is -2.07. The van der Waals surface area contributed by atoms with Crippen LogP contribution in [0.15, 0.2) is 23.1 Å². The SMILES string of the molecule is Cc1cc(N)cc(S(=O)(=O)NCC2CC2)c1. The normalized spacial score (nSPS) is 16.3. The molecule has 1 fully saturated rings. The second-order valence-corrected chi connectivity index (χ2v) is 6.14. The Morgan fingerprint density at radius 1 is 1.38 bits per heavy atom. The number of nitrogens with two attached hydrogens (primary N) is 1. The Balaban J connectivity index is 2.19. The molecule has 4 nitrogen and oxygen atoms in total. The molecule has 1 aromatic carbocycles. The first-order chi connectivity index (χ1) is 7.47. The van der Waals surface area contributed by atoms with Gasteiger partial charge in [0, 0.05) is 12.2 Å². The molecule has 5 heteroatoms. The Kier molecular flexibility index (Phi) is 2.90. The zero-order chi connectivity index (χ0) is 11.8. The summed E-state index contributed by atoms with van der Waals surface area (Å²) in [6, 6.07) is 4.87. The van der Waals surface area contributed by atoms with Crippen molar-refractivity contribution in [3.05, 3.63) is 23.8 Å². The summed E-state index contributed by atoms with van der Waals surface area (Å²) in [4.78, 5) is 0.255. The molecular weight excluding hydrogens is 224 g/mol. The van der Waals surface area contributed by atoms with Gasteiger partial charge in [-0.15, -0.1) is 0 Å². The van der Waals surface area contributed by atoms with E-state index in [0.29, 0.717) is 18.2 Å². The zero-order valence-electron chi connectivity index (χ0n) is 9.23. The minimum absolute atomic E-state index is 0.255. The molecule has 1 aromatic rings. The van der Waals surface area contributed by atoms with Crippen LogP contribution in [-0.4, -0.2) is 15.0 Å². The molecule has 1 aliphatic carbocycles. The molecule has 1 saturated carbocycles. The number of benzene rings is 1. The number of hydrogen-bond donors (Lipinski definition) is 2. The monoisotopic (exact) mass is 240 g/mol. The highest BCUT2D eigenvalue weighted by atomic mass is 32.2. The van der Waals surface area contributed by atoms with E-state index < -0.39 is 10.0 Å². The first-order valence-electron chi connectivity index (χ1n) is 5.34. The summed E-state index contributed by atoms with van der Waals surface area (Å²) in [6.45, 7) is 2.37. The number of nitrogen functional groups attached to an aromatic ring is 1. The number of rotatable bonds is 4. The molecule has 0 spiro atoms. The molecule has 16 heavy (non-hydrogen) atoms. The van der Waals surface area contributed by atoms with Gasteiger partial charge in [-0.1, -0.05) is 0 Å². The van der Waals surface area contributed by atoms with Crippen LogP contribution in [0.5, 0.6) is 0 Å². The van der Waals surface area contributed by atoms with Crippen molar-refractivity contribution >= 4 is 15.7 Å². The molecule has 0 aliphatic heterocycles. The molecule has 88 valence electrons. The molecule has 0 atom stereocenters. The third kappa shape index (κ3) is 2.74. The third-order valence-electron chi connectivity index (χ3n) is 2.64. The summed E-state index contributed by atoms with van der Waals surface area (Å²) >= 11 is 0. The molecular formula is C11H16N2O2S. The van der Waals surface area contributed by atoms with Gasteiger partial charge in [0.2, 0.25) is 10.0 Å². The predicted octanol–water partition coefficient (Wildman–Crippen LogP) is 1.27. The number of anilines is 1. The lowest BCUT2D eigenvalue weighted by molar-refractivity contribution is 0.577. The zero-order valence-corrected chi connectivity index (χ0v) is 10.0. The van der Waals surface area contributed by atoms with Gasteiger partial charge in [-0.05, 0) is 49.4 Å². The van der Waals surface area contributed by atoms with E-state index in [0.717, 1.165) is 18.4 Å². The van der Waals surface area contributed by atoms with Crippen molar-refractivity contribution in [3.8, 4) is 0 Å². The molecule has 1 aliphatic rings. The largest absolute Gasteiger partial charge is 0.399 e. The molecule has 0 radical (unpaired) electrons. The topological polar surface area (TPSA) is 72.2 Å². The fourth-order valence-electron chi connectivity index (χ4n) is 1.56. The lowest BCUT2D eigenvalue weighted by Crippen LogP contribution is -2.26. The molecule has 0 amide bonds. The van der Waals surface area contributed by atoms with Crippen LogP contribution in [0.3, 0.4) is 0 Å². The quantitative estimate of drug-likeness (QED) is 0.778. The van der Waals surface area contributed by atoms with E-state index in [2.05, 4.69) is 4.72 Å². The van der Waals surface area contributed by atoms with Crippen molar-refractivity contribution in [1.82, 2.24) is 4.72 Å². The number of sulfonamides is 1. The van der Waals surface area contributed by atoms with Crippen molar-refractivity contribution in [2.45, 2.75) is 24.7 Å². The first kappa shape index (κ1) is 11.4. The number of nitrogens with one attached hydrogen (secondary N) is 1. The van der Waals surface area contributed by atoms with E-state index in [1.807, 2.05) is 6.92 Å². The van der Waals surface area contributed by atoms with Gasteiger partial charge in [0.25, 0.3) is 0 Å². The van der Waals surface area contributed by atoms with Gasteiger partial charge >= 0.3 is 0 Å². The van der Waals surface area contributed by atoms with Gasteiger partial charge in [0.15, 0.2) is 0 Å². The van der Waals surface area contributed by atoms with Gasteiger partial charge in [0.1, 0.15) is 0 Å². The van der Waals surface area contributed by atoms with Gasteiger partial charge in [-0.2, -0.15) is 0 Å². The first-order valence-corrected chi connectivity index (χ1v) is 6.82. The van der Waals surface area contributed by atoms with Gasteiger partial charge in [-0.3, -0.25) is 0 Å². The summed E-state index contributed by atoms with van der Waals surface area (Å²) < 4.78 is 26.4. The maximum Gasteiger partial charge on any atom is 0.240 e. The second-order valence-electron chi connectivity index (χ2n) is 4.37. The molecule has 3 N–H and O–H groups in total. The highest BCUT2D eigenvalue weighted by Crippen LogP contribution is 2.28. The molecule has 2 rings (SSSR count). The molecule has 0 bridgehead atoms. The van der Waals surface area contributed by atoms with E-state index in [-0.39, 0.29) is 4.90 Å². The van der Waals surface area contributed by atoms with Crippen LogP contribution in [0.25, 0.3) is 0 Å². The van der Waals surface area contributed by atoms with Crippen LogP contribution in [0.4, 0.5) is 5.69 Å². The summed E-state index contributed by atoms with van der Waals surface area (Å²) in [5.41, 5.74) is 6.96. The highest BCUT2D eigenvalue weighted by molar-refractivity contribution is 7.89. The van der Waals surface area contributed by atoms with E-state index in [1.165, 1.54) is 6.07 Å². The Hall–Kier alpha value is -1.07. The fraction of sp³-hybridized carbons (Fsp3) is 0.455. The Morgan fingerprint density at radius 3 is 2.62 bits per heavy atom. The average Bonchev–Trinajstić information content (AvgIpc) is 2.96. The third-order valence-corrected chi connectivity index (χ3v) is 4.05. The summed E-state index contributed by atoms with van der Waals surface area (Å²) in [5, 5.41) is 0. The minimum Gasteiger partial charge on any atom is -0.399 e. The second kappa shape index (κ2) is 4.07. The van der Waals surface area contributed by atoms with Crippen molar-refractivity contribution in [2.24, 2.45) is 5.92 Å². The molecule has 0 heterocycles. The Morgan fingerprint density at radius 2 is 2.06 bits per heavy atom. The summed E-state index contributed by atoms with van der Waals surface area (Å²) in [5.74, 6) is 0.525. The van der Waals surface area contributed by atoms with Crippen LogP contribution >= 0.6 is 0 Å². The van der Waals surface area contributed by atoms with E-state index in [1.54, 1.807) is 12.1 Å². The fourth-order valence-corrected chi connectivity index (χ4v) is 2.82. The lowest BCUT2D eigenvalue weighted by atomic mass is 10.2. The van der Waals surface area contributed by atoms with Crippen molar-refractivity contribution in [3.63, 3.8) is 0 Å². The van der Waals surface area contributed by atoms with E-state index >= 15 is 0 Å². The maximum atomic E-state index is 11.9. The maximum absolute atomic E-state index is 11.9. The van der Waals surface area contributed by atoms with Gasteiger partial charge in [-0.25, -0.2) is 13.1 Å². The van der Waals surface area contributed by atoms with Gasteiger partial charge < -0.3 is 5.73 Å². The van der Waals surface area contributed by atoms with Crippen LogP contribution in [-0.2, 0) is 10.0 Å². The average molecular weight is 240 g/mol. The van der Waals surface area contributed by atoms with Gasteiger partial charge in [0.05, 0.1) is 4.90 Å². The Labute approximate surface area is 95.9 Å². The standard InChI is InChI=1S/C11H16N2O2S/c1-8-4-10(12)6-11(5-8)16(14,15)13-7-9-2-3-9/h4-6,9,13H,2-3,7,12H2,1H3. The van der Waals surface area contributed by atoms with E-state index in [4.69, 9.17) is 5.73 Å².